The monoisotopic (exact) mass is 341 g/mol. The summed E-state index contributed by atoms with van der Waals surface area (Å²) in [4.78, 5) is 14.5. The lowest BCUT2D eigenvalue weighted by molar-refractivity contribution is -0.136. The van der Waals surface area contributed by atoms with Crippen molar-refractivity contribution in [2.24, 2.45) is 0 Å². The normalized spacial score (nSPS) is 19.5. The number of aryl methyl sites for hydroxylation is 1. The van der Waals surface area contributed by atoms with Crippen LogP contribution in [0, 0.1) is 6.92 Å². The smallest absolute Gasteiger partial charge is 0.274 e. The topological polar surface area (TPSA) is 64.6 Å². The van der Waals surface area contributed by atoms with Gasteiger partial charge in [-0.25, -0.2) is 0 Å². The fourth-order valence-corrected chi connectivity index (χ4v) is 2.92. The first kappa shape index (κ1) is 17.4. The van der Waals surface area contributed by atoms with Gasteiger partial charge in [0.15, 0.2) is 5.69 Å². The summed E-state index contributed by atoms with van der Waals surface area (Å²) in [7, 11) is 0. The van der Waals surface area contributed by atoms with Crippen LogP contribution in [0.5, 0.6) is 5.75 Å². The predicted octanol–water partition coefficient (Wildman–Crippen LogP) is 2.48. The van der Waals surface area contributed by atoms with Gasteiger partial charge in [0.1, 0.15) is 18.5 Å². The lowest BCUT2D eigenvalue weighted by atomic mass is 10.0. The second-order valence-electron chi connectivity index (χ2n) is 6.87. The molecule has 1 aromatic carbocycles. The fraction of sp³-hybridized carbons (Fsp3) is 0.421. The average molecular weight is 341 g/mol. The molecule has 1 aromatic heterocycles. The van der Waals surface area contributed by atoms with Crippen molar-refractivity contribution in [1.82, 2.24) is 15.1 Å². The number of aromatic nitrogens is 2. The summed E-state index contributed by atoms with van der Waals surface area (Å²) in [5.74, 6) is 0.658. The Morgan fingerprint density at radius 1 is 1.24 bits per heavy atom. The third kappa shape index (κ3) is 4.54. The summed E-state index contributed by atoms with van der Waals surface area (Å²) in [5.41, 5.74) is 0.690. The number of benzene rings is 1. The van der Waals surface area contributed by atoms with Crippen molar-refractivity contribution in [3.8, 4) is 5.75 Å². The lowest BCUT2D eigenvalue weighted by Gasteiger charge is -2.42. The molecule has 1 unspecified atom stereocenters. The van der Waals surface area contributed by atoms with Gasteiger partial charge in [0, 0.05) is 6.54 Å². The van der Waals surface area contributed by atoms with Crippen molar-refractivity contribution in [3.05, 3.63) is 53.9 Å². The molecule has 2 heterocycles. The summed E-state index contributed by atoms with van der Waals surface area (Å²) in [5, 5.41) is 7.98. The zero-order valence-electron chi connectivity index (χ0n) is 14.8. The van der Waals surface area contributed by atoms with E-state index in [1.165, 1.54) is 0 Å². The molecule has 1 aliphatic heterocycles. The van der Waals surface area contributed by atoms with Crippen molar-refractivity contribution in [2.45, 2.75) is 32.5 Å². The summed E-state index contributed by atoms with van der Waals surface area (Å²) >= 11 is 0. The Kier molecular flexibility index (Phi) is 4.99. The van der Waals surface area contributed by atoms with Crippen LogP contribution in [0.4, 0.5) is 0 Å². The number of carbonyl (C=O) groups excluding carboxylic acids is 1. The molecule has 0 aliphatic carbocycles. The van der Waals surface area contributed by atoms with Crippen LogP contribution in [-0.2, 0) is 4.74 Å². The maximum Gasteiger partial charge on any atom is 0.274 e. The summed E-state index contributed by atoms with van der Waals surface area (Å²) < 4.78 is 11.9. The van der Waals surface area contributed by atoms with Gasteiger partial charge in [0.25, 0.3) is 5.91 Å². The Morgan fingerprint density at radius 2 is 2.00 bits per heavy atom. The van der Waals surface area contributed by atoms with Crippen molar-refractivity contribution in [3.63, 3.8) is 0 Å². The zero-order chi connectivity index (χ0) is 17.9. The molecular weight excluding hydrogens is 318 g/mol. The van der Waals surface area contributed by atoms with Crippen LogP contribution in [-0.4, -0.2) is 52.4 Å². The van der Waals surface area contributed by atoms with Crippen LogP contribution in [0.3, 0.4) is 0 Å². The molecule has 1 atom stereocenters. The van der Waals surface area contributed by atoms with Crippen molar-refractivity contribution in [2.75, 3.05) is 19.7 Å². The first-order valence-corrected chi connectivity index (χ1v) is 8.38. The second kappa shape index (κ2) is 7.19. The fourth-order valence-electron chi connectivity index (χ4n) is 2.92. The molecule has 1 saturated heterocycles. The van der Waals surface area contributed by atoms with Gasteiger partial charge in [0.2, 0.25) is 0 Å². The number of hydrogen-bond acceptors (Lipinski definition) is 5. The Bertz CT molecular complexity index is 716. The van der Waals surface area contributed by atoms with E-state index < -0.39 is 5.60 Å². The number of carbonyl (C=O) groups is 1. The van der Waals surface area contributed by atoms with Crippen molar-refractivity contribution >= 4 is 5.91 Å². The third-order valence-electron chi connectivity index (χ3n) is 3.96. The lowest BCUT2D eigenvalue weighted by Crippen LogP contribution is -2.56. The molecule has 6 nitrogen and oxygen atoms in total. The molecule has 6 heteroatoms. The summed E-state index contributed by atoms with van der Waals surface area (Å²) in [6.07, 6.45) is -0.202. The Hall–Kier alpha value is -2.47. The number of hydrogen-bond donors (Lipinski definition) is 0. The summed E-state index contributed by atoms with van der Waals surface area (Å²) in [6, 6.07) is 13.1. The Labute approximate surface area is 147 Å². The first-order valence-electron chi connectivity index (χ1n) is 8.38. The van der Waals surface area contributed by atoms with Crippen molar-refractivity contribution < 1.29 is 14.3 Å². The van der Waals surface area contributed by atoms with Gasteiger partial charge < -0.3 is 14.4 Å². The summed E-state index contributed by atoms with van der Waals surface area (Å²) in [6.45, 7) is 7.15. The third-order valence-corrected chi connectivity index (χ3v) is 3.96. The van der Waals surface area contributed by atoms with Gasteiger partial charge in [-0.1, -0.05) is 18.2 Å². The molecule has 0 saturated carbocycles. The van der Waals surface area contributed by atoms with E-state index in [4.69, 9.17) is 9.47 Å². The number of ether oxygens (including phenoxy) is 2. The number of amides is 1. The van der Waals surface area contributed by atoms with E-state index >= 15 is 0 Å². The highest BCUT2D eigenvalue weighted by Crippen LogP contribution is 2.23. The van der Waals surface area contributed by atoms with Crippen LogP contribution in [0.2, 0.25) is 0 Å². The zero-order valence-corrected chi connectivity index (χ0v) is 14.8. The Morgan fingerprint density at radius 3 is 2.68 bits per heavy atom. The van der Waals surface area contributed by atoms with E-state index in [0.717, 1.165) is 11.4 Å². The minimum absolute atomic E-state index is 0.131. The highest BCUT2D eigenvalue weighted by molar-refractivity contribution is 5.92. The highest BCUT2D eigenvalue weighted by atomic mass is 16.5. The van der Waals surface area contributed by atoms with Crippen LogP contribution < -0.4 is 4.74 Å². The van der Waals surface area contributed by atoms with E-state index in [1.807, 2.05) is 51.1 Å². The maximum absolute atomic E-state index is 12.7. The van der Waals surface area contributed by atoms with E-state index in [1.54, 1.807) is 17.0 Å². The van der Waals surface area contributed by atoms with Crippen molar-refractivity contribution in [1.29, 1.82) is 0 Å². The van der Waals surface area contributed by atoms with Gasteiger partial charge in [-0.3, -0.25) is 4.79 Å². The highest BCUT2D eigenvalue weighted by Gasteiger charge is 2.36. The molecule has 0 spiro atoms. The molecule has 0 bridgehead atoms. The molecular formula is C19H23N3O3. The second-order valence-corrected chi connectivity index (χ2v) is 6.87. The van der Waals surface area contributed by atoms with Crippen LogP contribution >= 0.6 is 0 Å². The number of para-hydroxylation sites is 1. The number of nitrogens with zero attached hydrogens (tertiary/aromatic N) is 3. The molecule has 1 amide bonds. The number of rotatable bonds is 4. The predicted molar refractivity (Wildman–Crippen MR) is 93.6 cm³/mol. The van der Waals surface area contributed by atoms with Crippen LogP contribution in [0.25, 0.3) is 0 Å². The van der Waals surface area contributed by atoms with E-state index in [0.29, 0.717) is 25.4 Å². The molecule has 25 heavy (non-hydrogen) atoms. The van der Waals surface area contributed by atoms with Gasteiger partial charge in [-0.2, -0.15) is 5.10 Å². The molecule has 3 rings (SSSR count). The van der Waals surface area contributed by atoms with Gasteiger partial charge >= 0.3 is 0 Å². The molecule has 0 radical (unpaired) electrons. The minimum atomic E-state index is -0.448. The van der Waals surface area contributed by atoms with Gasteiger partial charge in [0.05, 0.1) is 17.8 Å². The standard InChI is InChI=1S/C19H23N3O3/c1-14-9-10-17(21-20-14)18(23)22-11-16(25-19(2,3)13-22)12-24-15-7-5-4-6-8-15/h4-10,16H,11-13H2,1-3H3. The average Bonchev–Trinajstić information content (AvgIpc) is 2.59. The van der Waals surface area contributed by atoms with Crippen LogP contribution in [0.15, 0.2) is 42.5 Å². The van der Waals surface area contributed by atoms with Gasteiger partial charge in [-0.05, 0) is 45.0 Å². The SMILES string of the molecule is Cc1ccc(C(=O)N2CC(COc3ccccc3)OC(C)(C)C2)nn1. The molecule has 1 aliphatic rings. The molecule has 132 valence electrons. The largest absolute Gasteiger partial charge is 0.491 e. The molecule has 0 N–H and O–H groups in total. The van der Waals surface area contributed by atoms with E-state index in [-0.39, 0.29) is 12.0 Å². The minimum Gasteiger partial charge on any atom is -0.491 e. The van der Waals surface area contributed by atoms with Gasteiger partial charge in [-0.15, -0.1) is 5.10 Å². The molecule has 2 aromatic rings. The van der Waals surface area contributed by atoms with E-state index in [2.05, 4.69) is 10.2 Å². The maximum atomic E-state index is 12.7. The molecule has 1 fully saturated rings. The van der Waals surface area contributed by atoms with Crippen LogP contribution in [0.1, 0.15) is 30.0 Å². The number of morpholine rings is 1. The Balaban J connectivity index is 1.68. The van der Waals surface area contributed by atoms with E-state index in [9.17, 15) is 4.79 Å². The first-order chi connectivity index (χ1) is 11.9. The quantitative estimate of drug-likeness (QED) is 0.855.